The highest BCUT2D eigenvalue weighted by Gasteiger charge is 2.35. The summed E-state index contributed by atoms with van der Waals surface area (Å²) < 4.78 is 5.43. The highest BCUT2D eigenvalue weighted by atomic mass is 16.5. The summed E-state index contributed by atoms with van der Waals surface area (Å²) in [7, 11) is 0. The van der Waals surface area contributed by atoms with E-state index in [1.807, 2.05) is 4.90 Å². The molecule has 1 saturated heterocycles. The molecule has 1 amide bonds. The van der Waals surface area contributed by atoms with E-state index in [2.05, 4.69) is 12.2 Å². The van der Waals surface area contributed by atoms with Crippen molar-refractivity contribution in [3.8, 4) is 0 Å². The lowest BCUT2D eigenvalue weighted by atomic mass is 10.2. The highest BCUT2D eigenvalue weighted by molar-refractivity contribution is 5.84. The van der Waals surface area contributed by atoms with E-state index >= 15 is 0 Å². The lowest BCUT2D eigenvalue weighted by molar-refractivity contribution is -0.129. The van der Waals surface area contributed by atoms with Gasteiger partial charge in [-0.3, -0.25) is 4.79 Å². The Morgan fingerprint density at radius 3 is 2.88 bits per heavy atom. The molecular formula is C13H24N2O2. The van der Waals surface area contributed by atoms with E-state index in [0.717, 1.165) is 45.6 Å². The fraction of sp³-hybridized carbons (Fsp3) is 0.923. The van der Waals surface area contributed by atoms with Gasteiger partial charge in [-0.1, -0.05) is 6.92 Å². The van der Waals surface area contributed by atoms with Crippen LogP contribution in [0.5, 0.6) is 0 Å². The SMILES string of the molecule is CCCOCCCN1CCC(NC2CC2)C1=O. The molecule has 1 aliphatic carbocycles. The van der Waals surface area contributed by atoms with Crippen molar-refractivity contribution in [3.63, 3.8) is 0 Å². The van der Waals surface area contributed by atoms with Crippen LogP contribution in [0.25, 0.3) is 0 Å². The van der Waals surface area contributed by atoms with Gasteiger partial charge in [-0.15, -0.1) is 0 Å². The van der Waals surface area contributed by atoms with Crippen molar-refractivity contribution in [3.05, 3.63) is 0 Å². The third-order valence-electron chi connectivity index (χ3n) is 3.38. The molecular weight excluding hydrogens is 216 g/mol. The summed E-state index contributed by atoms with van der Waals surface area (Å²) in [5.41, 5.74) is 0. The van der Waals surface area contributed by atoms with Gasteiger partial charge in [-0.05, 0) is 32.1 Å². The number of nitrogens with one attached hydrogen (secondary N) is 1. The molecule has 2 fully saturated rings. The lowest BCUT2D eigenvalue weighted by Gasteiger charge is -2.17. The number of ether oxygens (including phenoxy) is 1. The van der Waals surface area contributed by atoms with Crippen LogP contribution in [0.2, 0.25) is 0 Å². The van der Waals surface area contributed by atoms with Gasteiger partial charge < -0.3 is 15.0 Å². The molecule has 17 heavy (non-hydrogen) atoms. The van der Waals surface area contributed by atoms with Crippen molar-refractivity contribution in [2.75, 3.05) is 26.3 Å². The molecule has 1 unspecified atom stereocenters. The largest absolute Gasteiger partial charge is 0.381 e. The molecule has 0 radical (unpaired) electrons. The first-order valence-corrected chi connectivity index (χ1v) is 6.94. The van der Waals surface area contributed by atoms with Gasteiger partial charge in [0.1, 0.15) is 0 Å². The molecule has 4 nitrogen and oxygen atoms in total. The second-order valence-electron chi connectivity index (χ2n) is 5.07. The highest BCUT2D eigenvalue weighted by Crippen LogP contribution is 2.22. The van der Waals surface area contributed by atoms with Gasteiger partial charge in [0.25, 0.3) is 0 Å². The molecule has 1 atom stereocenters. The van der Waals surface area contributed by atoms with Crippen LogP contribution >= 0.6 is 0 Å². The molecule has 0 aromatic rings. The summed E-state index contributed by atoms with van der Waals surface area (Å²) in [6.07, 6.45) is 5.49. The second-order valence-corrected chi connectivity index (χ2v) is 5.07. The Hall–Kier alpha value is -0.610. The fourth-order valence-electron chi connectivity index (χ4n) is 2.25. The Balaban J connectivity index is 1.59. The van der Waals surface area contributed by atoms with Gasteiger partial charge in [0, 0.05) is 32.3 Å². The summed E-state index contributed by atoms with van der Waals surface area (Å²) >= 11 is 0. The summed E-state index contributed by atoms with van der Waals surface area (Å²) in [5.74, 6) is 0.299. The van der Waals surface area contributed by atoms with E-state index in [1.165, 1.54) is 12.8 Å². The summed E-state index contributed by atoms with van der Waals surface area (Å²) in [5, 5.41) is 3.42. The second kappa shape index (κ2) is 6.36. The van der Waals surface area contributed by atoms with Crippen molar-refractivity contribution >= 4 is 5.91 Å². The van der Waals surface area contributed by atoms with Crippen molar-refractivity contribution in [1.29, 1.82) is 0 Å². The maximum atomic E-state index is 12.0. The number of rotatable bonds is 8. The van der Waals surface area contributed by atoms with Gasteiger partial charge in [0.05, 0.1) is 6.04 Å². The zero-order chi connectivity index (χ0) is 12.1. The van der Waals surface area contributed by atoms with Gasteiger partial charge in [-0.2, -0.15) is 0 Å². The molecule has 2 rings (SSSR count). The first-order chi connectivity index (χ1) is 8.31. The van der Waals surface area contributed by atoms with E-state index in [9.17, 15) is 4.79 Å². The maximum Gasteiger partial charge on any atom is 0.239 e. The van der Waals surface area contributed by atoms with Crippen LogP contribution in [0.4, 0.5) is 0 Å². The Labute approximate surface area is 104 Å². The Bertz CT molecular complexity index is 254. The summed E-state index contributed by atoms with van der Waals surface area (Å²) in [4.78, 5) is 14.0. The monoisotopic (exact) mass is 240 g/mol. The van der Waals surface area contributed by atoms with Gasteiger partial charge >= 0.3 is 0 Å². The zero-order valence-corrected chi connectivity index (χ0v) is 10.8. The van der Waals surface area contributed by atoms with Crippen molar-refractivity contribution < 1.29 is 9.53 Å². The molecule has 0 spiro atoms. The van der Waals surface area contributed by atoms with E-state index in [0.29, 0.717) is 11.9 Å². The molecule has 1 N–H and O–H groups in total. The third kappa shape index (κ3) is 3.96. The molecule has 0 bridgehead atoms. The molecule has 0 aromatic carbocycles. The number of likely N-dealkylation sites (tertiary alicyclic amines) is 1. The average molecular weight is 240 g/mol. The van der Waals surface area contributed by atoms with E-state index in [1.54, 1.807) is 0 Å². The topological polar surface area (TPSA) is 41.6 Å². The minimum Gasteiger partial charge on any atom is -0.381 e. The van der Waals surface area contributed by atoms with Crippen LogP contribution in [0.1, 0.15) is 39.0 Å². The van der Waals surface area contributed by atoms with E-state index in [-0.39, 0.29) is 6.04 Å². The molecule has 1 heterocycles. The fourth-order valence-corrected chi connectivity index (χ4v) is 2.25. The third-order valence-corrected chi connectivity index (χ3v) is 3.38. The number of carbonyl (C=O) groups excluding carboxylic acids is 1. The summed E-state index contributed by atoms with van der Waals surface area (Å²) in [6.45, 7) is 5.48. The predicted octanol–water partition coefficient (Wildman–Crippen LogP) is 1.16. The predicted molar refractivity (Wildman–Crippen MR) is 66.9 cm³/mol. The van der Waals surface area contributed by atoms with Crippen LogP contribution in [0.3, 0.4) is 0 Å². The maximum absolute atomic E-state index is 12.0. The number of hydrogen-bond donors (Lipinski definition) is 1. The van der Waals surface area contributed by atoms with Gasteiger partial charge in [0.15, 0.2) is 0 Å². The van der Waals surface area contributed by atoms with Crippen LogP contribution in [-0.4, -0.2) is 49.2 Å². The summed E-state index contributed by atoms with van der Waals surface area (Å²) in [6, 6.07) is 0.718. The molecule has 0 aromatic heterocycles. The van der Waals surface area contributed by atoms with Crippen LogP contribution in [0.15, 0.2) is 0 Å². The zero-order valence-electron chi connectivity index (χ0n) is 10.8. The van der Waals surface area contributed by atoms with Crippen molar-refractivity contribution in [2.24, 2.45) is 0 Å². The Morgan fingerprint density at radius 2 is 2.18 bits per heavy atom. The smallest absolute Gasteiger partial charge is 0.239 e. The molecule has 2 aliphatic rings. The first-order valence-electron chi connectivity index (χ1n) is 6.94. The number of hydrogen-bond acceptors (Lipinski definition) is 3. The van der Waals surface area contributed by atoms with Crippen molar-refractivity contribution in [2.45, 2.75) is 51.1 Å². The Kier molecular flexibility index (Phi) is 4.80. The molecule has 4 heteroatoms. The van der Waals surface area contributed by atoms with E-state index < -0.39 is 0 Å². The minimum atomic E-state index is 0.0964. The average Bonchev–Trinajstić information content (AvgIpc) is 3.08. The van der Waals surface area contributed by atoms with Gasteiger partial charge in [0.2, 0.25) is 5.91 Å². The Morgan fingerprint density at radius 1 is 1.35 bits per heavy atom. The van der Waals surface area contributed by atoms with Crippen LogP contribution < -0.4 is 5.32 Å². The lowest BCUT2D eigenvalue weighted by Crippen LogP contribution is -2.39. The number of carbonyl (C=O) groups is 1. The standard InChI is InChI=1S/C13H24N2O2/c1-2-9-17-10-3-7-15-8-6-12(13(15)16)14-11-4-5-11/h11-12,14H,2-10H2,1H3. The molecule has 1 saturated carbocycles. The van der Waals surface area contributed by atoms with Crippen LogP contribution in [0, 0.1) is 0 Å². The van der Waals surface area contributed by atoms with Crippen LogP contribution in [-0.2, 0) is 9.53 Å². The molecule has 1 aliphatic heterocycles. The normalized spacial score (nSPS) is 24.6. The number of nitrogens with zero attached hydrogens (tertiary/aromatic N) is 1. The molecule has 98 valence electrons. The number of amides is 1. The van der Waals surface area contributed by atoms with Gasteiger partial charge in [-0.25, -0.2) is 0 Å². The first kappa shape index (κ1) is 12.8. The van der Waals surface area contributed by atoms with E-state index in [4.69, 9.17) is 4.74 Å². The minimum absolute atomic E-state index is 0.0964. The quantitative estimate of drug-likeness (QED) is 0.647. The van der Waals surface area contributed by atoms with Crippen molar-refractivity contribution in [1.82, 2.24) is 10.2 Å².